The molecule has 7 nitrogen and oxygen atoms in total. The lowest BCUT2D eigenvalue weighted by Gasteiger charge is -2.12. The molecule has 1 heterocycles. The first-order valence-corrected chi connectivity index (χ1v) is 9.71. The standard InChI is InChI=1S/C19H16ClF2N3O4S/c20-10-2-1-3-13-15(10)9(17(30-13)18(24)27)7-29-16-11(21)4-8(5-12(16)22)19(28)25-6-14(23)26/h1-5,14,26H,6-7,23H2,(H2,24,27)(H,25,28). The number of carbonyl (C=O) groups excluding carboxylic acids is 2. The summed E-state index contributed by atoms with van der Waals surface area (Å²) in [5.41, 5.74) is 10.5. The van der Waals surface area contributed by atoms with Crippen molar-refractivity contribution in [3.05, 3.63) is 63.0 Å². The van der Waals surface area contributed by atoms with Crippen molar-refractivity contribution < 1.29 is 28.2 Å². The summed E-state index contributed by atoms with van der Waals surface area (Å²) in [6.07, 6.45) is -1.31. The summed E-state index contributed by atoms with van der Waals surface area (Å²) in [5, 5.41) is 12.0. The van der Waals surface area contributed by atoms with Gasteiger partial charge in [-0.05, 0) is 24.3 Å². The van der Waals surface area contributed by atoms with Crippen LogP contribution in [-0.2, 0) is 6.61 Å². The summed E-state index contributed by atoms with van der Waals surface area (Å²) >= 11 is 7.31. The Bertz CT molecular complexity index is 1110. The highest BCUT2D eigenvalue weighted by Gasteiger charge is 2.21. The van der Waals surface area contributed by atoms with E-state index in [0.29, 0.717) is 20.7 Å². The van der Waals surface area contributed by atoms with E-state index in [-0.39, 0.29) is 23.6 Å². The number of carbonyl (C=O) groups is 2. The number of aliphatic hydroxyl groups excluding tert-OH is 1. The number of ether oxygens (including phenoxy) is 1. The normalized spacial score (nSPS) is 12.0. The highest BCUT2D eigenvalue weighted by molar-refractivity contribution is 7.21. The minimum absolute atomic E-state index is 0.162. The molecule has 0 saturated heterocycles. The van der Waals surface area contributed by atoms with Crippen molar-refractivity contribution in [1.82, 2.24) is 5.32 Å². The molecule has 6 N–H and O–H groups in total. The number of nitrogens with one attached hydrogen (secondary N) is 1. The molecule has 1 unspecified atom stereocenters. The first-order valence-electron chi connectivity index (χ1n) is 8.52. The topological polar surface area (TPSA) is 128 Å². The van der Waals surface area contributed by atoms with Gasteiger partial charge in [-0.1, -0.05) is 17.7 Å². The molecule has 3 aromatic rings. The predicted molar refractivity (Wildman–Crippen MR) is 109 cm³/mol. The third-order valence-corrected chi connectivity index (χ3v) is 5.61. The van der Waals surface area contributed by atoms with Crippen molar-refractivity contribution in [2.24, 2.45) is 11.5 Å². The smallest absolute Gasteiger partial charge is 0.259 e. The molecule has 0 fully saturated rings. The SMILES string of the molecule is NC(=O)c1sc2cccc(Cl)c2c1COc1c(F)cc(C(=O)NCC(N)O)cc1F. The highest BCUT2D eigenvalue weighted by Crippen LogP contribution is 2.37. The molecule has 0 aliphatic rings. The van der Waals surface area contributed by atoms with Gasteiger partial charge in [-0.15, -0.1) is 11.3 Å². The van der Waals surface area contributed by atoms with Crippen LogP contribution in [0.5, 0.6) is 5.75 Å². The van der Waals surface area contributed by atoms with Crippen LogP contribution in [0.15, 0.2) is 30.3 Å². The van der Waals surface area contributed by atoms with E-state index in [0.717, 1.165) is 23.5 Å². The zero-order valence-electron chi connectivity index (χ0n) is 15.2. The number of rotatable bonds is 7. The molecule has 0 aliphatic heterocycles. The Morgan fingerprint density at radius 3 is 2.53 bits per heavy atom. The number of nitrogens with two attached hydrogens (primary N) is 2. The summed E-state index contributed by atoms with van der Waals surface area (Å²) in [5.74, 6) is -4.52. The molecule has 2 amide bonds. The minimum Gasteiger partial charge on any atom is -0.483 e. The molecule has 158 valence electrons. The summed E-state index contributed by atoms with van der Waals surface area (Å²) in [7, 11) is 0. The van der Waals surface area contributed by atoms with Gasteiger partial charge in [-0.2, -0.15) is 0 Å². The highest BCUT2D eigenvalue weighted by atomic mass is 35.5. The molecule has 3 rings (SSSR count). The van der Waals surface area contributed by atoms with E-state index < -0.39 is 35.4 Å². The maximum absolute atomic E-state index is 14.4. The van der Waals surface area contributed by atoms with Gasteiger partial charge < -0.3 is 26.6 Å². The van der Waals surface area contributed by atoms with Gasteiger partial charge in [0.1, 0.15) is 12.8 Å². The molecular weight excluding hydrogens is 440 g/mol. The van der Waals surface area contributed by atoms with Crippen molar-refractivity contribution >= 4 is 44.8 Å². The van der Waals surface area contributed by atoms with Gasteiger partial charge in [0, 0.05) is 26.2 Å². The lowest BCUT2D eigenvalue weighted by atomic mass is 10.1. The Labute approximate surface area is 178 Å². The first kappa shape index (κ1) is 21.9. The Balaban J connectivity index is 1.89. The first-order chi connectivity index (χ1) is 14.2. The zero-order valence-corrected chi connectivity index (χ0v) is 16.8. The van der Waals surface area contributed by atoms with E-state index in [2.05, 4.69) is 5.32 Å². The number of halogens is 3. The quantitative estimate of drug-likeness (QED) is 0.407. The Kier molecular flexibility index (Phi) is 6.52. The van der Waals surface area contributed by atoms with Gasteiger partial charge in [-0.3, -0.25) is 9.59 Å². The van der Waals surface area contributed by atoms with Crippen LogP contribution < -0.4 is 21.5 Å². The molecule has 0 radical (unpaired) electrons. The van der Waals surface area contributed by atoms with Gasteiger partial charge in [0.05, 0.1) is 11.4 Å². The van der Waals surface area contributed by atoms with Crippen LogP contribution in [0.3, 0.4) is 0 Å². The Hall–Kier alpha value is -2.79. The maximum atomic E-state index is 14.4. The molecular formula is C19H16ClF2N3O4S. The molecule has 1 aromatic heterocycles. The number of thiophene rings is 1. The maximum Gasteiger partial charge on any atom is 0.259 e. The van der Waals surface area contributed by atoms with E-state index >= 15 is 0 Å². The number of hydrogen-bond acceptors (Lipinski definition) is 6. The molecule has 1 atom stereocenters. The molecule has 11 heteroatoms. The van der Waals surface area contributed by atoms with Crippen molar-refractivity contribution in [3.8, 4) is 5.75 Å². The van der Waals surface area contributed by atoms with Crippen LogP contribution in [0, 0.1) is 11.6 Å². The Morgan fingerprint density at radius 2 is 1.93 bits per heavy atom. The number of amides is 2. The predicted octanol–water partition coefficient (Wildman–Crippen LogP) is 2.52. The van der Waals surface area contributed by atoms with E-state index in [1.165, 1.54) is 0 Å². The second-order valence-electron chi connectivity index (χ2n) is 6.22. The van der Waals surface area contributed by atoms with Gasteiger partial charge in [0.2, 0.25) is 0 Å². The van der Waals surface area contributed by atoms with E-state index in [9.17, 15) is 18.4 Å². The van der Waals surface area contributed by atoms with Crippen LogP contribution in [-0.4, -0.2) is 29.7 Å². The van der Waals surface area contributed by atoms with Crippen LogP contribution in [0.4, 0.5) is 8.78 Å². The summed E-state index contributed by atoms with van der Waals surface area (Å²) < 4.78 is 34.8. The fourth-order valence-electron chi connectivity index (χ4n) is 2.78. The van der Waals surface area contributed by atoms with Gasteiger partial charge in [-0.25, -0.2) is 8.78 Å². The molecule has 2 aromatic carbocycles. The minimum atomic E-state index is -1.31. The Morgan fingerprint density at radius 1 is 1.27 bits per heavy atom. The van der Waals surface area contributed by atoms with Crippen LogP contribution in [0.25, 0.3) is 10.1 Å². The van der Waals surface area contributed by atoms with Crippen LogP contribution >= 0.6 is 22.9 Å². The summed E-state index contributed by atoms with van der Waals surface area (Å²) in [6.45, 7) is -0.664. The monoisotopic (exact) mass is 455 g/mol. The average molecular weight is 456 g/mol. The number of benzene rings is 2. The number of hydrogen-bond donors (Lipinski definition) is 4. The van der Waals surface area contributed by atoms with E-state index in [1.54, 1.807) is 18.2 Å². The third-order valence-electron chi connectivity index (χ3n) is 4.08. The van der Waals surface area contributed by atoms with Gasteiger partial charge in [0.25, 0.3) is 11.8 Å². The lowest BCUT2D eigenvalue weighted by Crippen LogP contribution is -2.36. The fraction of sp³-hybridized carbons (Fsp3) is 0.158. The van der Waals surface area contributed by atoms with Crippen molar-refractivity contribution in [1.29, 1.82) is 0 Å². The summed E-state index contributed by atoms with van der Waals surface area (Å²) in [4.78, 5) is 23.9. The molecule has 0 spiro atoms. The zero-order chi connectivity index (χ0) is 22.0. The number of primary amides is 1. The molecule has 0 aliphatic carbocycles. The summed E-state index contributed by atoms with van der Waals surface area (Å²) in [6, 6.07) is 6.60. The van der Waals surface area contributed by atoms with E-state index in [4.69, 9.17) is 32.9 Å². The number of fused-ring (bicyclic) bond motifs is 1. The third kappa shape index (κ3) is 4.51. The van der Waals surface area contributed by atoms with Crippen molar-refractivity contribution in [2.45, 2.75) is 12.8 Å². The average Bonchev–Trinajstić information content (AvgIpc) is 3.05. The van der Waals surface area contributed by atoms with Crippen LogP contribution in [0.2, 0.25) is 5.02 Å². The van der Waals surface area contributed by atoms with E-state index in [1.807, 2.05) is 0 Å². The van der Waals surface area contributed by atoms with Crippen molar-refractivity contribution in [2.75, 3.05) is 6.54 Å². The molecule has 0 saturated carbocycles. The second-order valence-corrected chi connectivity index (χ2v) is 7.68. The van der Waals surface area contributed by atoms with Crippen LogP contribution in [0.1, 0.15) is 25.6 Å². The molecule has 0 bridgehead atoms. The van der Waals surface area contributed by atoms with Crippen molar-refractivity contribution in [3.63, 3.8) is 0 Å². The largest absolute Gasteiger partial charge is 0.483 e. The second kappa shape index (κ2) is 8.92. The molecule has 30 heavy (non-hydrogen) atoms. The fourth-order valence-corrected chi connectivity index (χ4v) is 4.21. The lowest BCUT2D eigenvalue weighted by molar-refractivity contribution is 0.0917. The number of aliphatic hydroxyl groups is 1. The van der Waals surface area contributed by atoms with Gasteiger partial charge >= 0.3 is 0 Å². The van der Waals surface area contributed by atoms with Gasteiger partial charge in [0.15, 0.2) is 17.4 Å².